The van der Waals surface area contributed by atoms with Crippen LogP contribution < -0.4 is 11.1 Å². The minimum absolute atomic E-state index is 0.204. The lowest BCUT2D eigenvalue weighted by Crippen LogP contribution is -2.50. The van der Waals surface area contributed by atoms with Crippen LogP contribution in [-0.4, -0.2) is 65.7 Å². The molecule has 0 aromatic carbocycles. The smallest absolute Gasteiger partial charge is 0.475 e. The van der Waals surface area contributed by atoms with E-state index in [4.69, 9.17) is 15.6 Å². The molecule has 2 aromatic heterocycles. The molecule has 6 rings (SSSR count). The number of alkyl halides is 3. The van der Waals surface area contributed by atoms with Crippen molar-refractivity contribution in [1.29, 1.82) is 0 Å². The van der Waals surface area contributed by atoms with Crippen LogP contribution in [0.5, 0.6) is 0 Å². The third-order valence-corrected chi connectivity index (χ3v) is 15.4. The number of carbonyl (C=O) groups excluding carboxylic acids is 1. The summed E-state index contributed by atoms with van der Waals surface area (Å²) in [5.74, 6) is 3.67. The van der Waals surface area contributed by atoms with Gasteiger partial charge in [-0.1, -0.05) is 70.7 Å². The summed E-state index contributed by atoms with van der Waals surface area (Å²) in [5, 5.41) is 19.5. The first kappa shape index (κ1) is 44.2. The van der Waals surface area contributed by atoms with Crippen molar-refractivity contribution in [2.45, 2.75) is 149 Å². The molecule has 6 unspecified atom stereocenters. The van der Waals surface area contributed by atoms with Crippen LogP contribution in [0.15, 0.2) is 30.4 Å². The maximum atomic E-state index is 12.2. The number of nitrogens with zero attached hydrogens (tertiary/aromatic N) is 4. The Morgan fingerprint density at radius 2 is 1.86 bits per heavy atom. The molecule has 14 heteroatoms. The van der Waals surface area contributed by atoms with Gasteiger partial charge in [-0.2, -0.15) is 24.9 Å². The van der Waals surface area contributed by atoms with Gasteiger partial charge in [-0.05, 0) is 123 Å². The number of carboxylic acid groups (broad SMARTS) is 1. The first-order valence-corrected chi connectivity index (χ1v) is 22.1. The normalized spacial score (nSPS) is 29.6. The summed E-state index contributed by atoms with van der Waals surface area (Å²) < 4.78 is 33.6. The highest BCUT2D eigenvalue weighted by molar-refractivity contribution is 7.99. The molecular weight excluding hydrogens is 740 g/mol. The Balaban J connectivity index is 0.000000784. The summed E-state index contributed by atoms with van der Waals surface area (Å²) in [7, 11) is 0. The Bertz CT molecular complexity index is 1600. The minimum Gasteiger partial charge on any atom is -0.475 e. The number of H-pyrrole nitrogens is 1. The average molecular weight is 806 g/mol. The van der Waals surface area contributed by atoms with Crippen LogP contribution in [-0.2, 0) is 22.6 Å². The molecule has 9 atom stereocenters. The summed E-state index contributed by atoms with van der Waals surface area (Å²) in [5.41, 5.74) is 10.5. The lowest BCUT2D eigenvalue weighted by Gasteiger charge is -2.58. The molecule has 3 fully saturated rings. The fourth-order valence-electron chi connectivity index (χ4n) is 11.0. The highest BCUT2D eigenvalue weighted by Crippen LogP contribution is 2.67. The van der Waals surface area contributed by atoms with Gasteiger partial charge in [0.25, 0.3) is 0 Å². The third kappa shape index (κ3) is 10.8. The Morgan fingerprint density at radius 3 is 2.55 bits per heavy atom. The van der Waals surface area contributed by atoms with Crippen LogP contribution >= 0.6 is 11.8 Å². The van der Waals surface area contributed by atoms with E-state index in [1.807, 2.05) is 10.3 Å². The van der Waals surface area contributed by atoms with Gasteiger partial charge >= 0.3 is 12.1 Å². The zero-order valence-electron chi connectivity index (χ0n) is 34.1. The Morgan fingerprint density at radius 1 is 1.09 bits per heavy atom. The van der Waals surface area contributed by atoms with Gasteiger partial charge in [0.15, 0.2) is 0 Å². The summed E-state index contributed by atoms with van der Waals surface area (Å²) >= 11 is 2.20. The standard InChI is InChI=1S/C40H65N7OS.C2HF3O2/c1-27(2)9-6-10-28(3)33-14-15-34-32-13-12-29-23-31(16-18-39(29,4)35(32)17-19-40(33,34)5)49-22-7-11-30-25-47(46-45-30)21-8-20-43-38(48)37(41)36-24-42-26-44-36;3-2(4,5)1(6)7/h12,24-28,31-35,37H,6-11,13-23,41H2,1-5H3,(H,42,44)(H,43,48);(H,6,7)/t28?,31-,32?,33?,34?,35?,37?,39-,40+;/m0./s1. The van der Waals surface area contributed by atoms with E-state index >= 15 is 0 Å². The van der Waals surface area contributed by atoms with Gasteiger partial charge in [-0.3, -0.25) is 9.48 Å². The molecule has 1 amide bonds. The maximum Gasteiger partial charge on any atom is 0.490 e. The van der Waals surface area contributed by atoms with Crippen LogP contribution in [0.1, 0.15) is 136 Å². The molecule has 0 aliphatic heterocycles. The summed E-state index contributed by atoms with van der Waals surface area (Å²) in [4.78, 5) is 28.0. The number of hydrogen-bond donors (Lipinski definition) is 4. The molecule has 56 heavy (non-hydrogen) atoms. The molecule has 10 nitrogen and oxygen atoms in total. The van der Waals surface area contributed by atoms with Crippen molar-refractivity contribution >= 4 is 23.6 Å². The van der Waals surface area contributed by atoms with Crippen molar-refractivity contribution in [2.24, 2.45) is 52.1 Å². The lowest BCUT2D eigenvalue weighted by molar-refractivity contribution is -0.192. The number of allylic oxidation sites excluding steroid dienone is 2. The fraction of sp³-hybridized carbons (Fsp3) is 0.786. The topological polar surface area (TPSA) is 152 Å². The lowest BCUT2D eigenvalue weighted by atomic mass is 9.47. The first-order chi connectivity index (χ1) is 26.5. The van der Waals surface area contributed by atoms with Gasteiger partial charge in [-0.15, -0.1) is 5.10 Å². The molecule has 314 valence electrons. The van der Waals surface area contributed by atoms with Crippen LogP contribution in [0.3, 0.4) is 0 Å². The van der Waals surface area contributed by atoms with Crippen LogP contribution in [0.2, 0.25) is 0 Å². The number of halogens is 3. The van der Waals surface area contributed by atoms with E-state index in [2.05, 4.69) is 84.3 Å². The van der Waals surface area contributed by atoms with E-state index < -0.39 is 18.2 Å². The number of carboxylic acids is 1. The molecule has 5 N–H and O–H groups in total. The monoisotopic (exact) mass is 805 g/mol. The van der Waals surface area contributed by atoms with Crippen LogP contribution in [0, 0.1) is 46.3 Å². The largest absolute Gasteiger partial charge is 0.490 e. The van der Waals surface area contributed by atoms with E-state index in [0.717, 1.165) is 72.3 Å². The van der Waals surface area contributed by atoms with Gasteiger partial charge in [0.1, 0.15) is 6.04 Å². The summed E-state index contributed by atoms with van der Waals surface area (Å²) in [6.45, 7) is 14.0. The van der Waals surface area contributed by atoms with E-state index in [-0.39, 0.29) is 5.91 Å². The number of aliphatic carboxylic acids is 1. The predicted octanol–water partition coefficient (Wildman–Crippen LogP) is 8.92. The number of nitrogens with two attached hydrogens (primary N) is 1. The second kappa shape index (κ2) is 19.3. The maximum absolute atomic E-state index is 12.2. The number of aromatic amines is 1. The molecule has 4 aliphatic rings. The third-order valence-electron chi connectivity index (χ3n) is 14.0. The zero-order chi connectivity index (χ0) is 40.7. The van der Waals surface area contributed by atoms with Crippen molar-refractivity contribution in [1.82, 2.24) is 30.3 Å². The second-order valence-corrected chi connectivity index (χ2v) is 19.4. The SMILES string of the molecule is CC(C)CCCC(C)C1CCC2C3CC=C4C[C@@H](SCCCc5cn(CCCNC(=O)C(N)c6cnc[nH]6)nn5)CC[C@]4(C)C3CC[C@]12C.O=C(O)C(F)(F)F. The number of nitrogens with one attached hydrogen (secondary N) is 2. The second-order valence-electron chi connectivity index (χ2n) is 18.0. The van der Waals surface area contributed by atoms with Crippen LogP contribution in [0.25, 0.3) is 0 Å². The van der Waals surface area contributed by atoms with E-state index in [1.165, 1.54) is 82.7 Å². The molecule has 0 radical (unpaired) electrons. The number of thioether (sulfide) groups is 1. The molecule has 4 aliphatic carbocycles. The molecule has 2 aromatic rings. The highest BCUT2D eigenvalue weighted by atomic mass is 32.2. The molecule has 0 saturated heterocycles. The van der Waals surface area contributed by atoms with Crippen molar-refractivity contribution in [3.63, 3.8) is 0 Å². The van der Waals surface area contributed by atoms with Gasteiger partial charge in [0.05, 0.1) is 23.9 Å². The molecule has 0 spiro atoms. The number of hydrogen-bond acceptors (Lipinski definition) is 7. The average Bonchev–Trinajstić information content (AvgIpc) is 3.92. The summed E-state index contributed by atoms with van der Waals surface area (Å²) in [6.07, 6.45) is 21.3. The number of rotatable bonds is 16. The molecule has 3 saturated carbocycles. The number of fused-ring (bicyclic) bond motifs is 5. The van der Waals surface area contributed by atoms with Crippen molar-refractivity contribution in [2.75, 3.05) is 12.3 Å². The number of aromatic nitrogens is 5. The fourth-order valence-corrected chi connectivity index (χ4v) is 12.2. The van der Waals surface area contributed by atoms with Gasteiger partial charge in [-0.25, -0.2) is 9.78 Å². The zero-order valence-corrected chi connectivity index (χ0v) is 34.9. The summed E-state index contributed by atoms with van der Waals surface area (Å²) in [6, 6.07) is -0.727. The number of imidazole rings is 1. The van der Waals surface area contributed by atoms with E-state index in [9.17, 15) is 18.0 Å². The molecular formula is C42H66F3N7O3S. The Hall–Kier alpha value is -2.87. The predicted molar refractivity (Wildman–Crippen MR) is 214 cm³/mol. The van der Waals surface area contributed by atoms with Gasteiger partial charge in [0, 0.05) is 24.5 Å². The van der Waals surface area contributed by atoms with Crippen molar-refractivity contribution in [3.05, 3.63) is 41.8 Å². The molecule has 2 heterocycles. The van der Waals surface area contributed by atoms with Crippen LogP contribution in [0.4, 0.5) is 13.2 Å². The number of amides is 1. The first-order valence-electron chi connectivity index (χ1n) is 21.0. The molecule has 0 bridgehead atoms. The Kier molecular flexibility index (Phi) is 15.2. The van der Waals surface area contributed by atoms with Crippen molar-refractivity contribution < 1.29 is 27.9 Å². The number of aryl methyl sites for hydroxylation is 2. The quantitative estimate of drug-likeness (QED) is 0.0970. The van der Waals surface area contributed by atoms with Gasteiger partial charge in [0.2, 0.25) is 5.91 Å². The highest BCUT2D eigenvalue weighted by Gasteiger charge is 2.59. The van der Waals surface area contributed by atoms with Gasteiger partial charge < -0.3 is 21.1 Å². The minimum atomic E-state index is -5.08. The van der Waals surface area contributed by atoms with E-state index in [1.54, 1.807) is 6.20 Å². The number of carbonyl (C=O) groups is 2. The van der Waals surface area contributed by atoms with Crippen molar-refractivity contribution in [3.8, 4) is 0 Å². The Labute approximate surface area is 335 Å². The van der Waals surface area contributed by atoms with E-state index in [0.29, 0.717) is 23.1 Å².